The fraction of sp³-hybridized carbons (Fsp3) is 0.895. The monoisotopic (exact) mass is 434 g/mol. The minimum Gasteiger partial charge on any atom is -0.393 e. The van der Waals surface area contributed by atoms with E-state index in [1.807, 2.05) is 0 Å². The van der Waals surface area contributed by atoms with Gasteiger partial charge in [-0.25, -0.2) is 4.39 Å². The number of aliphatic hydroxyl groups excluding tert-OH is 1. The van der Waals surface area contributed by atoms with Crippen LogP contribution in [0.15, 0.2) is 9.66 Å². The van der Waals surface area contributed by atoms with Gasteiger partial charge in [0.05, 0.1) is 6.10 Å². The molecule has 0 heterocycles. The van der Waals surface area contributed by atoms with Crippen LogP contribution in [0, 0.1) is 28.6 Å². The number of hydrogen-bond donors (Lipinski definition) is 2. The van der Waals surface area contributed by atoms with Crippen LogP contribution in [-0.2, 0) is 0 Å². The lowest BCUT2D eigenvalue weighted by molar-refractivity contribution is -0.247. The molecule has 23 heavy (non-hydrogen) atoms. The highest BCUT2D eigenvalue weighted by Crippen LogP contribution is 2.68. The molecular formula is C19H28FIO2. The van der Waals surface area contributed by atoms with Gasteiger partial charge in [0.25, 0.3) is 0 Å². The Hall–Kier alpha value is 0.320. The first-order chi connectivity index (χ1) is 10.7. The van der Waals surface area contributed by atoms with Crippen molar-refractivity contribution in [2.24, 2.45) is 28.6 Å². The number of halogens is 2. The maximum Gasteiger partial charge on any atom is 0.130 e. The Kier molecular flexibility index (Phi) is 3.77. The summed E-state index contributed by atoms with van der Waals surface area (Å²) < 4.78 is 16.6. The van der Waals surface area contributed by atoms with Crippen molar-refractivity contribution >= 4 is 22.6 Å². The highest BCUT2D eigenvalue weighted by Gasteiger charge is 2.67. The van der Waals surface area contributed by atoms with Gasteiger partial charge in [-0.2, -0.15) is 0 Å². The Balaban J connectivity index is 1.72. The van der Waals surface area contributed by atoms with Gasteiger partial charge in [-0.1, -0.05) is 19.9 Å². The second-order valence-corrected chi connectivity index (χ2v) is 10.2. The number of fused-ring (bicyclic) bond motifs is 5. The van der Waals surface area contributed by atoms with Crippen LogP contribution in [0.4, 0.5) is 4.39 Å². The van der Waals surface area contributed by atoms with E-state index in [0.717, 1.165) is 25.7 Å². The van der Waals surface area contributed by atoms with Crippen LogP contribution < -0.4 is 0 Å². The predicted molar refractivity (Wildman–Crippen MR) is 97.0 cm³/mol. The van der Waals surface area contributed by atoms with Gasteiger partial charge in [-0.3, -0.25) is 0 Å². The lowest BCUT2D eigenvalue weighted by Crippen LogP contribution is -2.67. The molecule has 2 unspecified atom stereocenters. The van der Waals surface area contributed by atoms with Gasteiger partial charge in [0.15, 0.2) is 0 Å². The van der Waals surface area contributed by atoms with Gasteiger partial charge < -0.3 is 10.2 Å². The van der Waals surface area contributed by atoms with Gasteiger partial charge in [0.1, 0.15) is 11.8 Å². The average molecular weight is 434 g/mol. The van der Waals surface area contributed by atoms with Gasteiger partial charge in [-0.15, -0.1) is 0 Å². The molecular weight excluding hydrogens is 406 g/mol. The van der Waals surface area contributed by atoms with Crippen LogP contribution in [0.3, 0.4) is 0 Å². The second-order valence-electron chi connectivity index (χ2n) is 9.06. The molecule has 0 saturated heterocycles. The largest absolute Gasteiger partial charge is 0.393 e. The van der Waals surface area contributed by atoms with Crippen molar-refractivity contribution in [3.05, 3.63) is 9.66 Å². The molecule has 0 aromatic carbocycles. The molecule has 0 bridgehead atoms. The normalized spacial score (nSPS) is 58.9. The number of aliphatic hydroxyl groups is 2. The summed E-state index contributed by atoms with van der Waals surface area (Å²) in [5, 5.41) is 21.3. The van der Waals surface area contributed by atoms with Gasteiger partial charge in [0, 0.05) is 17.3 Å². The Labute approximate surface area is 152 Å². The summed E-state index contributed by atoms with van der Waals surface area (Å²) in [7, 11) is 0. The van der Waals surface area contributed by atoms with E-state index in [9.17, 15) is 10.2 Å². The van der Waals surface area contributed by atoms with Crippen LogP contribution in [0.5, 0.6) is 0 Å². The second kappa shape index (κ2) is 5.16. The van der Waals surface area contributed by atoms with Crippen molar-refractivity contribution in [1.82, 2.24) is 0 Å². The van der Waals surface area contributed by atoms with Crippen LogP contribution >= 0.6 is 22.6 Å². The molecule has 4 aliphatic carbocycles. The molecule has 4 heteroatoms. The summed E-state index contributed by atoms with van der Waals surface area (Å²) in [6.07, 6.45) is 6.04. The number of rotatable bonds is 0. The Bertz CT molecular complexity index is 551. The molecule has 4 rings (SSSR count). The van der Waals surface area contributed by atoms with Gasteiger partial charge in [0.2, 0.25) is 0 Å². The van der Waals surface area contributed by atoms with E-state index >= 15 is 4.39 Å². The molecule has 3 saturated carbocycles. The zero-order chi connectivity index (χ0) is 16.6. The van der Waals surface area contributed by atoms with Gasteiger partial charge in [-0.05, 0) is 82.4 Å². The lowest BCUT2D eigenvalue weighted by atomic mass is 9.43. The minimum absolute atomic E-state index is 0.214. The average Bonchev–Trinajstić information content (AvgIpc) is 2.79. The van der Waals surface area contributed by atoms with E-state index in [-0.39, 0.29) is 17.3 Å². The molecule has 4 aliphatic rings. The zero-order valence-electron chi connectivity index (χ0n) is 14.1. The smallest absolute Gasteiger partial charge is 0.130 e. The third-order valence-corrected chi connectivity index (χ3v) is 9.94. The van der Waals surface area contributed by atoms with E-state index in [2.05, 4.69) is 42.5 Å². The summed E-state index contributed by atoms with van der Waals surface area (Å²) in [5.41, 5.74) is -1.50. The summed E-state index contributed by atoms with van der Waals surface area (Å²) in [6.45, 7) is 4.47. The molecule has 130 valence electrons. The maximum atomic E-state index is 15.2. The van der Waals surface area contributed by atoms with Crippen LogP contribution in [0.25, 0.3) is 0 Å². The molecule has 0 radical (unpaired) electrons. The number of allylic oxidation sites excluding steroid dienone is 2. The Morgan fingerprint density at radius 3 is 2.70 bits per heavy atom. The third kappa shape index (κ3) is 2.03. The SMILES string of the molecule is C[C@]12CC[C@H]3[C@@H](CC(F)C4(O)C[C@@H](O)CC[C@]34C)[C@@H]1CC=C2I. The lowest BCUT2D eigenvalue weighted by Gasteiger charge is -2.64. The van der Waals surface area contributed by atoms with Gasteiger partial charge >= 0.3 is 0 Å². The highest BCUT2D eigenvalue weighted by atomic mass is 127. The fourth-order valence-corrected chi connectivity index (χ4v) is 7.65. The van der Waals surface area contributed by atoms with Crippen LogP contribution in [0.2, 0.25) is 0 Å². The molecule has 2 N–H and O–H groups in total. The zero-order valence-corrected chi connectivity index (χ0v) is 16.2. The third-order valence-electron chi connectivity index (χ3n) is 8.27. The van der Waals surface area contributed by atoms with Crippen molar-refractivity contribution in [1.29, 1.82) is 0 Å². The van der Waals surface area contributed by atoms with E-state index in [1.165, 1.54) is 3.58 Å². The molecule has 3 fully saturated rings. The summed E-state index contributed by atoms with van der Waals surface area (Å²) in [5.74, 6) is 1.29. The Morgan fingerprint density at radius 1 is 1.22 bits per heavy atom. The molecule has 0 amide bonds. The van der Waals surface area contributed by atoms with Crippen molar-refractivity contribution in [3.63, 3.8) is 0 Å². The number of alkyl halides is 1. The topological polar surface area (TPSA) is 40.5 Å². The van der Waals surface area contributed by atoms with Crippen molar-refractivity contribution < 1.29 is 14.6 Å². The van der Waals surface area contributed by atoms with E-state index in [4.69, 9.17) is 0 Å². The number of hydrogen-bond acceptors (Lipinski definition) is 2. The Morgan fingerprint density at radius 2 is 1.96 bits per heavy atom. The molecule has 0 aliphatic heterocycles. The quantitative estimate of drug-likeness (QED) is 0.556. The minimum atomic E-state index is -1.33. The molecule has 0 spiro atoms. The summed E-state index contributed by atoms with van der Waals surface area (Å²) >= 11 is 2.48. The van der Waals surface area contributed by atoms with E-state index < -0.39 is 17.9 Å². The van der Waals surface area contributed by atoms with E-state index in [0.29, 0.717) is 30.6 Å². The first kappa shape index (κ1) is 16.8. The molecule has 0 aromatic rings. The van der Waals surface area contributed by atoms with Crippen LogP contribution in [0.1, 0.15) is 58.8 Å². The standard InChI is InChI=1S/C19H28FIO2/c1-17-7-6-14-12(13(17)3-4-16(17)21)9-15(20)19(23)10-11(22)5-8-18(14,19)2/h4,11-15,22-23H,3,5-10H2,1-2H3/t11-,12-,13-,14-,15?,17-,18+,19?/m0/s1. The summed E-state index contributed by atoms with van der Waals surface area (Å²) in [6, 6.07) is 0. The van der Waals surface area contributed by atoms with E-state index in [1.54, 1.807) is 0 Å². The fourth-order valence-electron chi connectivity index (χ4n) is 6.73. The highest BCUT2D eigenvalue weighted by molar-refractivity contribution is 14.1. The van der Waals surface area contributed by atoms with Crippen molar-refractivity contribution in [3.8, 4) is 0 Å². The first-order valence-electron chi connectivity index (χ1n) is 9.13. The predicted octanol–water partition coefficient (Wildman–Crippen LogP) is 4.38. The molecule has 0 aromatic heterocycles. The van der Waals surface area contributed by atoms with Crippen molar-refractivity contribution in [2.75, 3.05) is 0 Å². The maximum absolute atomic E-state index is 15.2. The molecule has 8 atom stereocenters. The van der Waals surface area contributed by atoms with Crippen molar-refractivity contribution in [2.45, 2.75) is 76.7 Å². The molecule has 2 nitrogen and oxygen atoms in total. The first-order valence-corrected chi connectivity index (χ1v) is 10.2. The van der Waals surface area contributed by atoms with Crippen LogP contribution in [-0.4, -0.2) is 28.1 Å². The summed E-state index contributed by atoms with van der Waals surface area (Å²) in [4.78, 5) is 0.